The zero-order valence-electron chi connectivity index (χ0n) is 30.4. The van der Waals surface area contributed by atoms with E-state index < -0.39 is 0 Å². The smallest absolute Gasteiger partial charge is 0.167 e. The summed E-state index contributed by atoms with van der Waals surface area (Å²) in [6.07, 6.45) is 5.26. The second kappa shape index (κ2) is 11.8. The topological polar surface area (TPSA) is 69.9 Å². The number of aromatic nitrogens is 4. The number of benzene rings is 7. The Morgan fingerprint density at radius 1 is 0.554 bits per heavy atom. The van der Waals surface area contributed by atoms with Crippen molar-refractivity contribution in [3.63, 3.8) is 0 Å². The van der Waals surface area contributed by atoms with E-state index in [2.05, 4.69) is 121 Å². The van der Waals surface area contributed by atoms with E-state index in [0.29, 0.717) is 23.4 Å². The van der Waals surface area contributed by atoms with Gasteiger partial charge in [-0.3, -0.25) is 0 Å². The molecule has 1 unspecified atom stereocenters. The lowest BCUT2D eigenvalue weighted by Crippen LogP contribution is -2.01. The molecule has 1 aliphatic rings. The molecular weight excluding hydrogens is 689 g/mol. The molecule has 0 bridgehead atoms. The Balaban J connectivity index is 1.15. The maximum absolute atomic E-state index is 6.86. The minimum Gasteiger partial charge on any atom is -0.456 e. The van der Waals surface area contributed by atoms with E-state index in [0.717, 1.165) is 78.5 Å². The molecule has 0 saturated heterocycles. The van der Waals surface area contributed by atoms with E-state index in [-0.39, 0.29) is 0 Å². The Hall–Kier alpha value is -7.31. The SMILES string of the molecule is CC1CC=Cc2oc3c(-c4nc(-c5ccccc5)nc(-c5ccc(-n6c7ccccc7c7cc8ccccc8cc76)c6c5oc5ccccc56)n4)cccc3c21. The third kappa shape index (κ3) is 4.53. The molecule has 4 heterocycles. The fraction of sp³-hybridized carbons (Fsp3) is 0.0600. The van der Waals surface area contributed by atoms with Crippen molar-refractivity contribution >= 4 is 71.6 Å². The maximum Gasteiger partial charge on any atom is 0.167 e. The third-order valence-corrected chi connectivity index (χ3v) is 11.5. The molecular formula is C50H32N4O2. The van der Waals surface area contributed by atoms with Gasteiger partial charge in [0.25, 0.3) is 0 Å². The van der Waals surface area contributed by atoms with Crippen molar-refractivity contribution in [2.45, 2.75) is 19.3 Å². The highest BCUT2D eigenvalue weighted by molar-refractivity contribution is 6.18. The van der Waals surface area contributed by atoms with Gasteiger partial charge in [0.1, 0.15) is 22.5 Å². The van der Waals surface area contributed by atoms with Crippen molar-refractivity contribution < 1.29 is 8.83 Å². The number of rotatable bonds is 4. The number of hydrogen-bond donors (Lipinski definition) is 0. The number of nitrogens with zero attached hydrogens (tertiary/aromatic N) is 4. The van der Waals surface area contributed by atoms with Crippen LogP contribution in [0.15, 0.2) is 161 Å². The number of hydrogen-bond acceptors (Lipinski definition) is 5. The molecule has 0 spiro atoms. The second-order valence-electron chi connectivity index (χ2n) is 14.8. The summed E-state index contributed by atoms with van der Waals surface area (Å²) in [7, 11) is 0. The van der Waals surface area contributed by atoms with Crippen LogP contribution in [0.4, 0.5) is 0 Å². The van der Waals surface area contributed by atoms with Gasteiger partial charge in [0, 0.05) is 32.7 Å². The van der Waals surface area contributed by atoms with Crippen molar-refractivity contribution in [2.24, 2.45) is 0 Å². The van der Waals surface area contributed by atoms with Gasteiger partial charge in [0.2, 0.25) is 0 Å². The molecule has 0 radical (unpaired) electrons. The summed E-state index contributed by atoms with van der Waals surface area (Å²) in [6.45, 7) is 2.25. The van der Waals surface area contributed by atoms with Crippen LogP contribution < -0.4 is 0 Å². The van der Waals surface area contributed by atoms with Crippen LogP contribution in [0.2, 0.25) is 0 Å². The van der Waals surface area contributed by atoms with Crippen LogP contribution in [0.3, 0.4) is 0 Å². The standard InChI is InChI=1S/C50H32N4O2/c1-29-13-11-24-43-44(29)35-20-12-21-36(46(35)56-43)49-51-48(30-14-3-2-4-15-30)52-50(53-49)37-25-26-40(45-34-19-8-10-23-42(34)55-47(37)45)54-39-22-9-7-18-33(39)38-27-31-16-5-6-17-32(31)28-41(38)54/h2-12,14-29H,13H2,1H3. The fourth-order valence-corrected chi connectivity index (χ4v) is 8.88. The van der Waals surface area contributed by atoms with E-state index in [1.807, 2.05) is 48.5 Å². The first-order valence-corrected chi connectivity index (χ1v) is 19.1. The summed E-state index contributed by atoms with van der Waals surface area (Å²) < 4.78 is 15.8. The van der Waals surface area contributed by atoms with Gasteiger partial charge in [0.05, 0.1) is 33.2 Å². The molecule has 1 atom stereocenters. The molecule has 264 valence electrons. The Labute approximate surface area is 321 Å². The summed E-state index contributed by atoms with van der Waals surface area (Å²) in [5.41, 5.74) is 9.35. The van der Waals surface area contributed by atoms with E-state index in [4.69, 9.17) is 23.8 Å². The lowest BCUT2D eigenvalue weighted by Gasteiger charge is -2.13. The maximum atomic E-state index is 6.86. The quantitative estimate of drug-likeness (QED) is 0.181. The van der Waals surface area contributed by atoms with Crippen LogP contribution in [0.1, 0.15) is 30.6 Å². The summed E-state index contributed by atoms with van der Waals surface area (Å²) in [5, 5.41) is 7.94. The molecule has 0 amide bonds. The van der Waals surface area contributed by atoms with Crippen LogP contribution in [0.5, 0.6) is 0 Å². The first kappa shape index (κ1) is 31.1. The molecule has 0 aliphatic heterocycles. The van der Waals surface area contributed by atoms with Gasteiger partial charge in [-0.25, -0.2) is 15.0 Å². The molecule has 0 N–H and O–H groups in total. The Morgan fingerprint density at radius 2 is 1.25 bits per heavy atom. The summed E-state index contributed by atoms with van der Waals surface area (Å²) >= 11 is 0. The van der Waals surface area contributed by atoms with Gasteiger partial charge in [-0.05, 0) is 71.7 Å². The molecule has 0 fully saturated rings. The molecule has 56 heavy (non-hydrogen) atoms. The number of para-hydroxylation sites is 3. The van der Waals surface area contributed by atoms with Crippen LogP contribution >= 0.6 is 0 Å². The average molecular weight is 721 g/mol. The molecule has 0 saturated carbocycles. The zero-order chi connectivity index (χ0) is 36.9. The Morgan fingerprint density at radius 3 is 2.11 bits per heavy atom. The molecule has 12 rings (SSSR count). The van der Waals surface area contributed by atoms with Crippen molar-refractivity contribution in [3.8, 4) is 39.9 Å². The van der Waals surface area contributed by atoms with Crippen LogP contribution in [-0.2, 0) is 0 Å². The summed E-state index contributed by atoms with van der Waals surface area (Å²) in [5.74, 6) is 2.91. The Bertz CT molecular complexity index is 3420. The zero-order valence-corrected chi connectivity index (χ0v) is 30.4. The summed E-state index contributed by atoms with van der Waals surface area (Å²) in [4.78, 5) is 15.5. The molecule has 11 aromatic rings. The van der Waals surface area contributed by atoms with Crippen molar-refractivity contribution in [1.29, 1.82) is 0 Å². The van der Waals surface area contributed by atoms with Gasteiger partial charge in [-0.15, -0.1) is 0 Å². The number of furan rings is 2. The lowest BCUT2D eigenvalue weighted by atomic mass is 9.90. The highest BCUT2D eigenvalue weighted by atomic mass is 16.3. The largest absolute Gasteiger partial charge is 0.456 e. The van der Waals surface area contributed by atoms with Crippen molar-refractivity contribution in [2.75, 3.05) is 0 Å². The molecule has 1 aliphatic carbocycles. The van der Waals surface area contributed by atoms with Gasteiger partial charge in [0.15, 0.2) is 17.5 Å². The molecule has 4 aromatic heterocycles. The monoisotopic (exact) mass is 720 g/mol. The van der Waals surface area contributed by atoms with Gasteiger partial charge < -0.3 is 13.4 Å². The highest BCUT2D eigenvalue weighted by Crippen LogP contribution is 2.44. The molecule has 6 nitrogen and oxygen atoms in total. The van der Waals surface area contributed by atoms with Gasteiger partial charge >= 0.3 is 0 Å². The van der Waals surface area contributed by atoms with Crippen LogP contribution in [0, 0.1) is 0 Å². The van der Waals surface area contributed by atoms with Gasteiger partial charge in [-0.2, -0.15) is 0 Å². The van der Waals surface area contributed by atoms with Crippen LogP contribution in [-0.4, -0.2) is 19.5 Å². The predicted molar refractivity (Wildman–Crippen MR) is 227 cm³/mol. The molecule has 6 heteroatoms. The van der Waals surface area contributed by atoms with E-state index >= 15 is 0 Å². The lowest BCUT2D eigenvalue weighted by molar-refractivity contribution is 0.587. The molecule has 7 aromatic carbocycles. The van der Waals surface area contributed by atoms with Crippen molar-refractivity contribution in [3.05, 3.63) is 163 Å². The van der Waals surface area contributed by atoms with E-state index in [9.17, 15) is 0 Å². The van der Waals surface area contributed by atoms with E-state index in [1.54, 1.807) is 0 Å². The highest BCUT2D eigenvalue weighted by Gasteiger charge is 2.26. The number of fused-ring (bicyclic) bond motifs is 10. The minimum absolute atomic E-state index is 0.355. The minimum atomic E-state index is 0.355. The van der Waals surface area contributed by atoms with E-state index in [1.165, 1.54) is 27.1 Å². The Kier molecular flexibility index (Phi) is 6.57. The van der Waals surface area contributed by atoms with Crippen LogP contribution in [0.25, 0.3) is 111 Å². The van der Waals surface area contributed by atoms with Crippen molar-refractivity contribution in [1.82, 2.24) is 19.5 Å². The predicted octanol–water partition coefficient (Wildman–Crippen LogP) is 13.3. The first-order chi connectivity index (χ1) is 27.7. The average Bonchev–Trinajstić information content (AvgIpc) is 3.93. The van der Waals surface area contributed by atoms with Gasteiger partial charge in [-0.1, -0.05) is 116 Å². The first-order valence-electron chi connectivity index (χ1n) is 19.1. The second-order valence-corrected chi connectivity index (χ2v) is 14.8. The summed E-state index contributed by atoms with van der Waals surface area (Å²) in [6, 6.07) is 50.8. The number of allylic oxidation sites excluding steroid dienone is 1. The normalized spacial score (nSPS) is 14.2. The fourth-order valence-electron chi connectivity index (χ4n) is 8.88. The third-order valence-electron chi connectivity index (χ3n) is 11.5.